The Morgan fingerprint density at radius 1 is 0.632 bits per heavy atom. The molecule has 1 saturated carbocycles. The smallest absolute Gasteiger partial charge is 0.0693 e. The Morgan fingerprint density at radius 3 is 1.00 bits per heavy atom. The first kappa shape index (κ1) is 20.2. The van der Waals surface area contributed by atoms with E-state index in [0.29, 0.717) is 13.2 Å². The zero-order valence-corrected chi connectivity index (χ0v) is 14.7. The predicted octanol–water partition coefficient (Wildman–Crippen LogP) is 5.02. The molecule has 0 spiro atoms. The van der Waals surface area contributed by atoms with Crippen LogP contribution in [0.15, 0.2) is 25.3 Å². The van der Waals surface area contributed by atoms with E-state index in [1.165, 1.54) is 0 Å². The molecule has 0 aliphatic heterocycles. The zero-order chi connectivity index (χ0) is 15.0. The van der Waals surface area contributed by atoms with Gasteiger partial charge in [-0.25, -0.2) is 0 Å². The second-order valence-electron chi connectivity index (χ2n) is 3.78. The molecule has 0 N–H and O–H groups in total. The maximum Gasteiger partial charge on any atom is 0.0693 e. The number of hydrogen-bond donors (Lipinski definition) is 0. The Bertz CT molecular complexity index is 208. The van der Waals surface area contributed by atoms with Crippen molar-refractivity contribution in [2.75, 3.05) is 13.2 Å². The van der Waals surface area contributed by atoms with Crippen molar-refractivity contribution < 1.29 is 4.74 Å². The molecule has 112 valence electrons. The van der Waals surface area contributed by atoms with Gasteiger partial charge in [-0.1, -0.05) is 12.2 Å². The average Bonchev–Trinajstić information content (AvgIpc) is 2.42. The minimum absolute atomic E-state index is 0.437. The summed E-state index contributed by atoms with van der Waals surface area (Å²) in [5.41, 5.74) is 0. The number of halogens is 6. The summed E-state index contributed by atoms with van der Waals surface area (Å²) in [6, 6.07) is 0. The average molecular weight is 389 g/mol. The van der Waals surface area contributed by atoms with Crippen molar-refractivity contribution in [1.82, 2.24) is 0 Å². The Balaban J connectivity index is 0.000000399. The van der Waals surface area contributed by atoms with E-state index in [2.05, 4.69) is 13.2 Å². The van der Waals surface area contributed by atoms with E-state index >= 15 is 0 Å². The normalized spacial score (nSPS) is 38.0. The van der Waals surface area contributed by atoms with Crippen LogP contribution in [0.25, 0.3) is 0 Å². The van der Waals surface area contributed by atoms with Gasteiger partial charge >= 0.3 is 0 Å². The van der Waals surface area contributed by atoms with Crippen LogP contribution in [0, 0.1) is 0 Å². The molecule has 0 amide bonds. The number of alkyl halides is 6. The Labute approximate surface area is 144 Å². The van der Waals surface area contributed by atoms with Crippen molar-refractivity contribution in [2.45, 2.75) is 32.3 Å². The first-order valence-corrected chi connectivity index (χ1v) is 8.14. The SMILES string of the molecule is C=CCOCC=C.ClC1C(Cl)C(Cl)C(Cl)C(Cl)C1Cl. The molecule has 7 heteroatoms. The lowest BCUT2D eigenvalue weighted by atomic mass is 9.97. The van der Waals surface area contributed by atoms with Gasteiger partial charge in [0.25, 0.3) is 0 Å². The first-order valence-electron chi connectivity index (χ1n) is 5.52. The molecule has 0 aromatic heterocycles. The van der Waals surface area contributed by atoms with Crippen molar-refractivity contribution in [2.24, 2.45) is 0 Å². The van der Waals surface area contributed by atoms with Gasteiger partial charge in [-0.2, -0.15) is 0 Å². The summed E-state index contributed by atoms with van der Waals surface area (Å²) in [6.07, 6.45) is 3.42. The quantitative estimate of drug-likeness (QED) is 0.373. The maximum absolute atomic E-state index is 5.88. The Kier molecular flexibility index (Phi) is 11.5. The second kappa shape index (κ2) is 10.8. The largest absolute Gasteiger partial charge is 0.373 e. The topological polar surface area (TPSA) is 9.23 Å². The number of hydrogen-bond acceptors (Lipinski definition) is 1. The summed E-state index contributed by atoms with van der Waals surface area (Å²) in [5, 5.41) is -2.62. The Hall–Kier alpha value is 1.18. The fourth-order valence-electron chi connectivity index (χ4n) is 1.29. The molecule has 0 saturated heterocycles. The molecule has 1 aliphatic rings. The van der Waals surface area contributed by atoms with Crippen LogP contribution in [0.1, 0.15) is 0 Å². The molecule has 0 aromatic rings. The molecule has 19 heavy (non-hydrogen) atoms. The third-order valence-electron chi connectivity index (χ3n) is 2.30. The lowest BCUT2D eigenvalue weighted by Gasteiger charge is -2.37. The molecular formula is C12H16Cl6O. The fraction of sp³-hybridized carbons (Fsp3) is 0.667. The Morgan fingerprint density at radius 2 is 0.842 bits per heavy atom. The van der Waals surface area contributed by atoms with Crippen LogP contribution in [0.5, 0.6) is 0 Å². The summed E-state index contributed by atoms with van der Waals surface area (Å²) in [4.78, 5) is 0. The molecule has 1 aliphatic carbocycles. The second-order valence-corrected chi connectivity index (χ2v) is 6.81. The maximum atomic E-state index is 5.88. The molecule has 0 atom stereocenters. The van der Waals surface area contributed by atoms with E-state index in [1.807, 2.05) is 0 Å². The van der Waals surface area contributed by atoms with Crippen LogP contribution in [-0.2, 0) is 4.74 Å². The van der Waals surface area contributed by atoms with Gasteiger partial charge in [0.2, 0.25) is 0 Å². The van der Waals surface area contributed by atoms with E-state index in [9.17, 15) is 0 Å². The molecular weight excluding hydrogens is 373 g/mol. The summed E-state index contributed by atoms with van der Waals surface area (Å²) >= 11 is 35.3. The van der Waals surface area contributed by atoms with Gasteiger partial charge in [0.15, 0.2) is 0 Å². The van der Waals surface area contributed by atoms with Gasteiger partial charge in [-0.15, -0.1) is 82.8 Å². The van der Waals surface area contributed by atoms with E-state index in [4.69, 9.17) is 74.3 Å². The van der Waals surface area contributed by atoms with Crippen LogP contribution in [-0.4, -0.2) is 45.5 Å². The van der Waals surface area contributed by atoms with Gasteiger partial charge in [-0.3, -0.25) is 0 Å². The van der Waals surface area contributed by atoms with Gasteiger partial charge in [0.05, 0.1) is 45.5 Å². The van der Waals surface area contributed by atoms with Crippen LogP contribution < -0.4 is 0 Å². The zero-order valence-electron chi connectivity index (χ0n) is 10.1. The van der Waals surface area contributed by atoms with E-state index in [1.54, 1.807) is 12.2 Å². The van der Waals surface area contributed by atoms with Gasteiger partial charge < -0.3 is 4.74 Å². The highest BCUT2D eigenvalue weighted by Crippen LogP contribution is 2.39. The summed E-state index contributed by atoms with van der Waals surface area (Å²) in [5.74, 6) is 0. The summed E-state index contributed by atoms with van der Waals surface area (Å²) in [7, 11) is 0. The van der Waals surface area contributed by atoms with E-state index in [0.717, 1.165) is 0 Å². The van der Waals surface area contributed by atoms with E-state index in [-0.39, 0.29) is 0 Å². The van der Waals surface area contributed by atoms with Crippen LogP contribution >= 0.6 is 69.6 Å². The summed E-state index contributed by atoms with van der Waals surface area (Å²) < 4.78 is 4.90. The predicted molar refractivity (Wildman–Crippen MR) is 89.1 cm³/mol. The molecule has 0 unspecified atom stereocenters. The highest BCUT2D eigenvalue weighted by atomic mass is 35.5. The standard InChI is InChI=1S/C6H6Cl6.C6H10O/c7-1-2(8)4(10)6(12)5(11)3(1)9;1-3-5-7-6-4-2/h1-6H;3-4H,1-2,5-6H2. The van der Waals surface area contributed by atoms with Crippen molar-refractivity contribution in [3.63, 3.8) is 0 Å². The van der Waals surface area contributed by atoms with Crippen molar-refractivity contribution in [3.8, 4) is 0 Å². The molecule has 0 bridgehead atoms. The molecule has 0 heterocycles. The van der Waals surface area contributed by atoms with Crippen molar-refractivity contribution in [3.05, 3.63) is 25.3 Å². The minimum Gasteiger partial charge on any atom is -0.373 e. The van der Waals surface area contributed by atoms with E-state index < -0.39 is 32.3 Å². The molecule has 1 rings (SSSR count). The van der Waals surface area contributed by atoms with Crippen molar-refractivity contribution in [1.29, 1.82) is 0 Å². The minimum atomic E-state index is -0.437. The first-order chi connectivity index (χ1) is 8.88. The van der Waals surface area contributed by atoms with Crippen LogP contribution in [0.3, 0.4) is 0 Å². The fourth-order valence-corrected chi connectivity index (χ4v) is 3.62. The van der Waals surface area contributed by atoms with Gasteiger partial charge in [0.1, 0.15) is 0 Å². The lowest BCUT2D eigenvalue weighted by Crippen LogP contribution is -2.52. The molecule has 0 radical (unpaired) electrons. The molecule has 1 nitrogen and oxygen atoms in total. The van der Waals surface area contributed by atoms with Crippen LogP contribution in [0.2, 0.25) is 0 Å². The number of ether oxygens (including phenoxy) is 1. The highest BCUT2D eigenvalue weighted by molar-refractivity contribution is 6.45. The number of rotatable bonds is 4. The molecule has 0 aromatic carbocycles. The van der Waals surface area contributed by atoms with Gasteiger partial charge in [-0.05, 0) is 0 Å². The highest BCUT2D eigenvalue weighted by Gasteiger charge is 2.46. The third kappa shape index (κ3) is 6.65. The van der Waals surface area contributed by atoms with Crippen molar-refractivity contribution >= 4 is 69.6 Å². The van der Waals surface area contributed by atoms with Gasteiger partial charge in [0, 0.05) is 0 Å². The summed E-state index contributed by atoms with van der Waals surface area (Å²) in [6.45, 7) is 8.18. The monoisotopic (exact) mass is 386 g/mol. The van der Waals surface area contributed by atoms with Crippen LogP contribution in [0.4, 0.5) is 0 Å². The molecule has 1 fully saturated rings. The third-order valence-corrected chi connectivity index (χ3v) is 6.33. The lowest BCUT2D eigenvalue weighted by molar-refractivity contribution is 0.194.